The maximum absolute atomic E-state index is 14.3. The van der Waals surface area contributed by atoms with Crippen LogP contribution in [0.15, 0.2) is 28.8 Å². The van der Waals surface area contributed by atoms with Crippen molar-refractivity contribution in [2.75, 3.05) is 20.3 Å². The molecule has 9 heteroatoms. The summed E-state index contributed by atoms with van der Waals surface area (Å²) in [6.45, 7) is 6.11. The largest absolute Gasteiger partial charge is 0.454 e. The molecule has 0 unspecified atom stereocenters. The molecule has 0 bridgehead atoms. The Kier molecular flexibility index (Phi) is 7.48. The molecular weight excluding hydrogens is 439 g/mol. The Hall–Kier alpha value is -2.97. The Labute approximate surface area is 190 Å². The molecule has 0 saturated heterocycles. The lowest BCUT2D eigenvalue weighted by atomic mass is 10.1. The average Bonchev–Trinajstić information content (AvgIpc) is 3.26. The number of rotatable bonds is 9. The maximum atomic E-state index is 14.3. The molecule has 0 aliphatic heterocycles. The number of carbonyl (C=O) groups excluding carboxylic acids is 2. The van der Waals surface area contributed by atoms with Crippen LogP contribution in [0.3, 0.4) is 0 Å². The van der Waals surface area contributed by atoms with Crippen LogP contribution in [0.4, 0.5) is 4.39 Å². The van der Waals surface area contributed by atoms with Crippen LogP contribution in [-0.4, -0.2) is 41.8 Å². The molecule has 0 radical (unpaired) electrons. The van der Waals surface area contributed by atoms with Crippen LogP contribution in [0.1, 0.15) is 44.3 Å². The molecule has 3 rings (SSSR count). The molecule has 0 fully saturated rings. The molecular formula is C23H24ClFN2O5. The van der Waals surface area contributed by atoms with Crippen molar-refractivity contribution in [3.63, 3.8) is 0 Å². The summed E-state index contributed by atoms with van der Waals surface area (Å²) in [6, 6.07) is 5.89. The number of methoxy groups -OCH3 is 1. The van der Waals surface area contributed by atoms with Gasteiger partial charge in [-0.25, -0.2) is 9.18 Å². The van der Waals surface area contributed by atoms with Crippen LogP contribution >= 0.6 is 11.6 Å². The summed E-state index contributed by atoms with van der Waals surface area (Å²) in [6.07, 6.45) is 0.809. The first-order chi connectivity index (χ1) is 15.3. The van der Waals surface area contributed by atoms with E-state index in [1.165, 1.54) is 25.1 Å². The highest BCUT2D eigenvalue weighted by atomic mass is 35.5. The first-order valence-electron chi connectivity index (χ1n) is 10.0. The van der Waals surface area contributed by atoms with E-state index in [2.05, 4.69) is 5.16 Å². The second kappa shape index (κ2) is 10.1. The fourth-order valence-electron chi connectivity index (χ4n) is 3.58. The molecule has 32 heavy (non-hydrogen) atoms. The molecule has 0 aliphatic carbocycles. The number of esters is 1. The van der Waals surface area contributed by atoms with Gasteiger partial charge in [-0.15, -0.1) is 0 Å². The van der Waals surface area contributed by atoms with Gasteiger partial charge in [-0.3, -0.25) is 4.79 Å². The smallest absolute Gasteiger partial charge is 0.344 e. The van der Waals surface area contributed by atoms with Crippen LogP contribution in [-0.2, 0) is 16.0 Å². The van der Waals surface area contributed by atoms with E-state index < -0.39 is 18.4 Å². The lowest BCUT2D eigenvalue weighted by Gasteiger charge is -2.09. The van der Waals surface area contributed by atoms with E-state index in [1.54, 1.807) is 13.2 Å². The zero-order chi connectivity index (χ0) is 23.4. The molecule has 2 heterocycles. The van der Waals surface area contributed by atoms with E-state index >= 15 is 0 Å². The summed E-state index contributed by atoms with van der Waals surface area (Å²) in [5.74, 6) is -1.71. The van der Waals surface area contributed by atoms with Crippen molar-refractivity contribution < 1.29 is 28.0 Å². The highest BCUT2D eigenvalue weighted by Crippen LogP contribution is 2.33. The maximum Gasteiger partial charge on any atom is 0.344 e. The molecule has 0 spiro atoms. The Balaban J connectivity index is 1.77. The summed E-state index contributed by atoms with van der Waals surface area (Å²) >= 11 is 6.10. The van der Waals surface area contributed by atoms with Gasteiger partial charge in [0.1, 0.15) is 22.8 Å². The molecule has 3 aromatic rings. The van der Waals surface area contributed by atoms with Gasteiger partial charge in [0.25, 0.3) is 0 Å². The highest BCUT2D eigenvalue weighted by molar-refractivity contribution is 6.33. The van der Waals surface area contributed by atoms with Crippen LogP contribution in [0.25, 0.3) is 11.3 Å². The molecule has 0 aliphatic rings. The standard InChI is InChI=1S/C23H24ClFN2O5/c1-13-11-16(14(2)27(13)9-6-10-30-4)19(28)12-31-23(29)20-15(3)32-26-22(20)21-17(24)7-5-8-18(21)25/h5,7-8,11H,6,9-10,12H2,1-4H3. The summed E-state index contributed by atoms with van der Waals surface area (Å²) < 4.78 is 31.8. The molecule has 1 aromatic carbocycles. The lowest BCUT2D eigenvalue weighted by molar-refractivity contribution is 0.0473. The SMILES string of the molecule is COCCCn1c(C)cc(C(=O)COC(=O)c2c(-c3c(F)cccc3Cl)noc2C)c1C. The Morgan fingerprint density at radius 3 is 2.69 bits per heavy atom. The first kappa shape index (κ1) is 23.7. The van der Waals surface area contributed by atoms with Crippen LogP contribution in [0.2, 0.25) is 5.02 Å². The molecule has 0 atom stereocenters. The van der Waals surface area contributed by atoms with Gasteiger partial charge < -0.3 is 18.6 Å². The number of aromatic nitrogens is 2. The van der Waals surface area contributed by atoms with Gasteiger partial charge in [0.15, 0.2) is 6.61 Å². The summed E-state index contributed by atoms with van der Waals surface area (Å²) in [4.78, 5) is 25.5. The van der Waals surface area contributed by atoms with Crippen LogP contribution in [0, 0.1) is 26.6 Å². The molecule has 2 aromatic heterocycles. The minimum Gasteiger partial charge on any atom is -0.454 e. The fraction of sp³-hybridized carbons (Fsp3) is 0.348. The summed E-state index contributed by atoms with van der Waals surface area (Å²) in [5, 5.41) is 3.85. The van der Waals surface area contributed by atoms with Gasteiger partial charge >= 0.3 is 5.97 Å². The molecule has 7 nitrogen and oxygen atoms in total. The lowest BCUT2D eigenvalue weighted by Crippen LogP contribution is -2.16. The van der Waals surface area contributed by atoms with Crippen molar-refractivity contribution in [3.05, 3.63) is 63.4 Å². The number of Topliss-reactive ketones (excluding diaryl/α,β-unsaturated/α-hetero) is 1. The molecule has 0 saturated carbocycles. The topological polar surface area (TPSA) is 83.6 Å². The van der Waals surface area contributed by atoms with E-state index in [-0.39, 0.29) is 33.4 Å². The second-order valence-electron chi connectivity index (χ2n) is 7.34. The number of hydrogen-bond donors (Lipinski definition) is 0. The quantitative estimate of drug-likeness (QED) is 0.254. The number of halogens is 2. The van der Waals surface area contributed by atoms with E-state index in [0.717, 1.165) is 17.8 Å². The van der Waals surface area contributed by atoms with Gasteiger partial charge in [-0.05, 0) is 45.4 Å². The number of nitrogens with zero attached hydrogens (tertiary/aromatic N) is 2. The summed E-state index contributed by atoms with van der Waals surface area (Å²) in [5.41, 5.74) is 1.99. The second-order valence-corrected chi connectivity index (χ2v) is 7.75. The van der Waals surface area contributed by atoms with E-state index in [1.807, 2.05) is 18.4 Å². The van der Waals surface area contributed by atoms with Gasteiger partial charge in [-0.1, -0.05) is 22.8 Å². The van der Waals surface area contributed by atoms with Gasteiger partial charge in [0, 0.05) is 37.2 Å². The number of benzene rings is 1. The average molecular weight is 463 g/mol. The van der Waals surface area contributed by atoms with Crippen molar-refractivity contribution >= 4 is 23.4 Å². The zero-order valence-electron chi connectivity index (χ0n) is 18.3. The number of aryl methyl sites for hydroxylation is 2. The van der Waals surface area contributed by atoms with Gasteiger partial charge in [0.2, 0.25) is 5.78 Å². The monoisotopic (exact) mass is 462 g/mol. The number of ketones is 1. The first-order valence-corrected chi connectivity index (χ1v) is 10.4. The Bertz CT molecular complexity index is 1130. The van der Waals surface area contributed by atoms with Crippen molar-refractivity contribution in [1.29, 1.82) is 0 Å². The van der Waals surface area contributed by atoms with Crippen molar-refractivity contribution in [1.82, 2.24) is 9.72 Å². The molecule has 170 valence electrons. The van der Waals surface area contributed by atoms with Crippen LogP contribution in [0.5, 0.6) is 0 Å². The number of hydrogen-bond acceptors (Lipinski definition) is 6. The number of carbonyl (C=O) groups is 2. The third kappa shape index (κ3) is 4.76. The Morgan fingerprint density at radius 1 is 1.25 bits per heavy atom. The van der Waals surface area contributed by atoms with Gasteiger partial charge in [-0.2, -0.15) is 0 Å². The Morgan fingerprint density at radius 2 is 2.00 bits per heavy atom. The fourth-order valence-corrected chi connectivity index (χ4v) is 3.84. The van der Waals surface area contributed by atoms with Crippen LogP contribution < -0.4 is 0 Å². The predicted octanol–water partition coefficient (Wildman–Crippen LogP) is 4.94. The van der Waals surface area contributed by atoms with E-state index in [4.69, 9.17) is 25.6 Å². The minimum absolute atomic E-state index is 0.0658. The minimum atomic E-state index is -0.847. The highest BCUT2D eigenvalue weighted by Gasteiger charge is 2.27. The third-order valence-corrected chi connectivity index (χ3v) is 5.52. The van der Waals surface area contributed by atoms with Gasteiger partial charge in [0.05, 0.1) is 10.6 Å². The third-order valence-electron chi connectivity index (χ3n) is 5.21. The zero-order valence-corrected chi connectivity index (χ0v) is 19.1. The van der Waals surface area contributed by atoms with Crippen molar-refractivity contribution in [3.8, 4) is 11.3 Å². The summed E-state index contributed by atoms with van der Waals surface area (Å²) in [7, 11) is 1.64. The van der Waals surface area contributed by atoms with Crippen molar-refractivity contribution in [2.45, 2.75) is 33.7 Å². The molecule has 0 amide bonds. The predicted molar refractivity (Wildman–Crippen MR) is 117 cm³/mol. The molecule has 0 N–H and O–H groups in total. The number of ether oxygens (including phenoxy) is 2. The van der Waals surface area contributed by atoms with Crippen molar-refractivity contribution in [2.24, 2.45) is 0 Å². The van der Waals surface area contributed by atoms with E-state index in [0.29, 0.717) is 18.7 Å². The normalized spacial score (nSPS) is 11.1. The van der Waals surface area contributed by atoms with E-state index in [9.17, 15) is 14.0 Å².